The van der Waals surface area contributed by atoms with Crippen LogP contribution in [0.5, 0.6) is 0 Å². The fourth-order valence-electron chi connectivity index (χ4n) is 2.40. The van der Waals surface area contributed by atoms with Gasteiger partial charge in [-0.25, -0.2) is 4.98 Å². The Kier molecular flexibility index (Phi) is 7.20. The van der Waals surface area contributed by atoms with Crippen LogP contribution in [0.2, 0.25) is 0 Å². The summed E-state index contributed by atoms with van der Waals surface area (Å²) in [6.07, 6.45) is 6.31. The highest BCUT2D eigenvalue weighted by molar-refractivity contribution is 5.86. The number of nitrogen functional groups attached to an aromatic ring is 1. The van der Waals surface area contributed by atoms with E-state index in [1.807, 2.05) is 33.0 Å². The molecule has 2 heterocycles. The molecular weight excluding hydrogens is 286 g/mol. The summed E-state index contributed by atoms with van der Waals surface area (Å²) >= 11 is 0. The molecule has 0 bridgehead atoms. The quantitative estimate of drug-likeness (QED) is 0.806. The summed E-state index contributed by atoms with van der Waals surface area (Å²) < 4.78 is 0. The molecule has 0 saturated heterocycles. The van der Waals surface area contributed by atoms with Gasteiger partial charge in [-0.05, 0) is 38.3 Å². The molecule has 0 aliphatic rings. The Morgan fingerprint density at radius 1 is 1.22 bits per heavy atom. The monoisotopic (exact) mass is 317 g/mol. The Morgan fingerprint density at radius 3 is 2.52 bits per heavy atom. The minimum Gasteiger partial charge on any atom is -0.368 e. The predicted octanol–water partition coefficient (Wildman–Crippen LogP) is 4.71. The van der Waals surface area contributed by atoms with E-state index < -0.39 is 0 Å². The predicted molar refractivity (Wildman–Crippen MR) is 99.7 cm³/mol. The van der Waals surface area contributed by atoms with E-state index in [4.69, 9.17) is 5.73 Å². The summed E-state index contributed by atoms with van der Waals surface area (Å²) in [6.45, 7) is 12.6. The van der Waals surface area contributed by atoms with Crippen LogP contribution >= 0.6 is 0 Å². The van der Waals surface area contributed by atoms with Crippen molar-refractivity contribution in [3.8, 4) is 0 Å². The lowest BCUT2D eigenvalue weighted by Gasteiger charge is -2.30. The average molecular weight is 317 g/mol. The van der Waals surface area contributed by atoms with E-state index in [1.54, 1.807) is 0 Å². The third-order valence-electron chi connectivity index (χ3n) is 3.97. The molecule has 0 amide bonds. The zero-order valence-corrected chi connectivity index (χ0v) is 15.4. The zero-order valence-electron chi connectivity index (χ0n) is 15.4. The smallest absolute Gasteiger partial charge is 0.222 e. The molecule has 0 spiro atoms. The number of aromatic nitrogens is 3. The van der Waals surface area contributed by atoms with Crippen molar-refractivity contribution in [1.82, 2.24) is 15.0 Å². The highest BCUT2D eigenvalue weighted by Gasteiger charge is 2.23. The van der Waals surface area contributed by atoms with Gasteiger partial charge in [-0.3, -0.25) is 4.98 Å². The number of hydrogen-bond acceptors (Lipinski definition) is 5. The van der Waals surface area contributed by atoms with Crippen LogP contribution in [-0.4, -0.2) is 20.5 Å². The molecule has 5 nitrogen and oxygen atoms in total. The maximum Gasteiger partial charge on any atom is 0.222 e. The standard InChI is InChI=1S/C16H25N5.C2H6/c1-5-7-8-16(4,6-2)21-14-13-12(19-15(17)20-14)9-11(3)10-18-13;1-2/h9-10H,5-8H2,1-4H3,(H3,17,19,20,21);1-2H3. The van der Waals surface area contributed by atoms with Crippen molar-refractivity contribution in [2.75, 3.05) is 11.1 Å². The van der Waals surface area contributed by atoms with Crippen LogP contribution in [0.3, 0.4) is 0 Å². The molecule has 0 aromatic carbocycles. The van der Waals surface area contributed by atoms with Crippen molar-refractivity contribution in [2.24, 2.45) is 0 Å². The number of hydrogen-bond donors (Lipinski definition) is 2. The van der Waals surface area contributed by atoms with Gasteiger partial charge in [0.1, 0.15) is 5.52 Å². The van der Waals surface area contributed by atoms with E-state index in [1.165, 1.54) is 12.8 Å². The number of fused-ring (bicyclic) bond motifs is 1. The Labute approximate surface area is 140 Å². The average Bonchev–Trinajstić information content (AvgIpc) is 2.54. The van der Waals surface area contributed by atoms with Gasteiger partial charge < -0.3 is 11.1 Å². The first-order valence-corrected chi connectivity index (χ1v) is 8.65. The second kappa shape index (κ2) is 8.65. The van der Waals surface area contributed by atoms with Crippen LogP contribution in [0.15, 0.2) is 12.3 Å². The van der Waals surface area contributed by atoms with Gasteiger partial charge in [0.25, 0.3) is 0 Å². The van der Waals surface area contributed by atoms with E-state index in [9.17, 15) is 0 Å². The second-order valence-electron chi connectivity index (χ2n) is 5.95. The summed E-state index contributed by atoms with van der Waals surface area (Å²) in [4.78, 5) is 13.1. The first-order valence-electron chi connectivity index (χ1n) is 8.65. The van der Waals surface area contributed by atoms with Crippen molar-refractivity contribution >= 4 is 22.8 Å². The summed E-state index contributed by atoms with van der Waals surface area (Å²) in [5.41, 5.74) is 8.48. The number of nitrogens with zero attached hydrogens (tertiary/aromatic N) is 3. The number of nitrogens with one attached hydrogen (secondary N) is 1. The molecule has 2 aromatic heterocycles. The zero-order chi connectivity index (χ0) is 17.5. The van der Waals surface area contributed by atoms with Gasteiger partial charge in [-0.1, -0.05) is 40.5 Å². The minimum atomic E-state index is -0.00367. The van der Waals surface area contributed by atoms with Gasteiger partial charge >= 0.3 is 0 Å². The largest absolute Gasteiger partial charge is 0.368 e. The lowest BCUT2D eigenvalue weighted by atomic mass is 9.92. The fraction of sp³-hybridized carbons (Fsp3) is 0.611. The SMILES string of the molecule is CC.CCCCC(C)(CC)Nc1nc(N)nc2cc(C)cnc12. The topological polar surface area (TPSA) is 76.7 Å². The molecule has 3 N–H and O–H groups in total. The van der Waals surface area contributed by atoms with Crippen molar-refractivity contribution in [3.05, 3.63) is 17.8 Å². The molecule has 2 aromatic rings. The molecule has 128 valence electrons. The molecule has 0 radical (unpaired) electrons. The summed E-state index contributed by atoms with van der Waals surface area (Å²) in [5.74, 6) is 1.02. The number of anilines is 2. The van der Waals surface area contributed by atoms with Crippen LogP contribution in [0.1, 0.15) is 65.9 Å². The molecule has 0 aliphatic carbocycles. The fourth-order valence-corrected chi connectivity index (χ4v) is 2.40. The van der Waals surface area contributed by atoms with E-state index in [2.05, 4.69) is 41.0 Å². The molecule has 1 atom stereocenters. The molecule has 0 aliphatic heterocycles. The van der Waals surface area contributed by atoms with Gasteiger partial charge in [0.05, 0.1) is 5.52 Å². The highest BCUT2D eigenvalue weighted by atomic mass is 15.1. The van der Waals surface area contributed by atoms with Crippen LogP contribution in [0, 0.1) is 6.92 Å². The van der Waals surface area contributed by atoms with E-state index in [-0.39, 0.29) is 11.5 Å². The van der Waals surface area contributed by atoms with Crippen LogP contribution in [0.4, 0.5) is 11.8 Å². The lowest BCUT2D eigenvalue weighted by Crippen LogP contribution is -2.34. The number of rotatable bonds is 6. The van der Waals surface area contributed by atoms with Crippen molar-refractivity contribution < 1.29 is 0 Å². The number of unbranched alkanes of at least 4 members (excludes halogenated alkanes) is 1. The van der Waals surface area contributed by atoms with Crippen molar-refractivity contribution in [1.29, 1.82) is 0 Å². The van der Waals surface area contributed by atoms with Gasteiger partial charge in [-0.2, -0.15) is 4.98 Å². The Balaban J connectivity index is 0.00000127. The first kappa shape index (κ1) is 19.1. The number of aryl methyl sites for hydroxylation is 1. The maximum absolute atomic E-state index is 5.85. The van der Waals surface area contributed by atoms with Crippen molar-refractivity contribution in [2.45, 2.75) is 72.8 Å². The molecule has 5 heteroatoms. The van der Waals surface area contributed by atoms with Gasteiger partial charge in [0.2, 0.25) is 5.95 Å². The lowest BCUT2D eigenvalue weighted by molar-refractivity contribution is 0.438. The second-order valence-corrected chi connectivity index (χ2v) is 5.95. The Hall–Kier alpha value is -1.91. The normalized spacial score (nSPS) is 13.1. The van der Waals surface area contributed by atoms with Gasteiger partial charge in [-0.15, -0.1) is 0 Å². The molecule has 0 saturated carbocycles. The number of nitrogens with two attached hydrogens (primary N) is 1. The third-order valence-corrected chi connectivity index (χ3v) is 3.97. The van der Waals surface area contributed by atoms with E-state index in [0.29, 0.717) is 0 Å². The first-order chi connectivity index (χ1) is 11.0. The third kappa shape index (κ3) is 5.05. The molecule has 1 unspecified atom stereocenters. The molecule has 23 heavy (non-hydrogen) atoms. The van der Waals surface area contributed by atoms with Gasteiger partial charge in [0.15, 0.2) is 5.82 Å². The minimum absolute atomic E-state index is 0.00367. The summed E-state index contributed by atoms with van der Waals surface area (Å²) in [5, 5.41) is 3.55. The molecule has 0 fully saturated rings. The summed E-state index contributed by atoms with van der Waals surface area (Å²) in [7, 11) is 0. The number of pyridine rings is 1. The van der Waals surface area contributed by atoms with E-state index >= 15 is 0 Å². The Bertz CT molecular complexity index is 621. The Morgan fingerprint density at radius 2 is 1.91 bits per heavy atom. The van der Waals surface area contributed by atoms with Crippen molar-refractivity contribution in [3.63, 3.8) is 0 Å². The molecule has 2 rings (SSSR count). The highest BCUT2D eigenvalue weighted by Crippen LogP contribution is 2.27. The van der Waals surface area contributed by atoms with Crippen LogP contribution < -0.4 is 11.1 Å². The van der Waals surface area contributed by atoms with Gasteiger partial charge in [0, 0.05) is 11.7 Å². The molecular formula is C18H31N5. The van der Waals surface area contributed by atoms with E-state index in [0.717, 1.165) is 35.3 Å². The van der Waals surface area contributed by atoms with Crippen LogP contribution in [-0.2, 0) is 0 Å². The maximum atomic E-state index is 5.85. The van der Waals surface area contributed by atoms with Crippen LogP contribution in [0.25, 0.3) is 11.0 Å². The summed E-state index contributed by atoms with van der Waals surface area (Å²) in [6, 6.07) is 1.99.